The van der Waals surface area contributed by atoms with E-state index in [0.717, 1.165) is 0 Å². The van der Waals surface area contributed by atoms with Crippen LogP contribution in [0.25, 0.3) is 0 Å². The van der Waals surface area contributed by atoms with Crippen LogP contribution in [0.3, 0.4) is 0 Å². The van der Waals surface area contributed by atoms with Gasteiger partial charge in [-0.05, 0) is 38.0 Å². The summed E-state index contributed by atoms with van der Waals surface area (Å²) in [6, 6.07) is 5.92. The monoisotopic (exact) mass is 283 g/mol. The summed E-state index contributed by atoms with van der Waals surface area (Å²) in [5.41, 5.74) is 5.29. The van der Waals surface area contributed by atoms with Crippen molar-refractivity contribution < 1.29 is 18.7 Å². The van der Waals surface area contributed by atoms with Crippen LogP contribution in [0.2, 0.25) is 0 Å². The highest BCUT2D eigenvalue weighted by Crippen LogP contribution is 2.29. The standard InChI is InChI=1S/C15H22FNO3/c1-3-19-9-8-15(11-17,14(18)20-4-2)12-6-5-7-13(16)10-12/h5-7,10H,3-4,8-9,11,17H2,1-2H3. The zero-order valence-corrected chi connectivity index (χ0v) is 12.0. The molecule has 0 saturated heterocycles. The van der Waals surface area contributed by atoms with Gasteiger partial charge in [0.1, 0.15) is 11.2 Å². The molecule has 0 heterocycles. The van der Waals surface area contributed by atoms with E-state index in [1.807, 2.05) is 6.92 Å². The van der Waals surface area contributed by atoms with Crippen LogP contribution in [0.5, 0.6) is 0 Å². The van der Waals surface area contributed by atoms with Crippen LogP contribution in [0.15, 0.2) is 24.3 Å². The Kier molecular flexibility index (Phi) is 6.61. The second-order valence-electron chi connectivity index (χ2n) is 4.46. The van der Waals surface area contributed by atoms with Gasteiger partial charge in [0.15, 0.2) is 0 Å². The summed E-state index contributed by atoms with van der Waals surface area (Å²) in [6.45, 7) is 4.81. The first-order valence-electron chi connectivity index (χ1n) is 6.81. The molecule has 2 N–H and O–H groups in total. The Labute approximate surface area is 119 Å². The minimum absolute atomic E-state index is 0.0440. The molecule has 1 rings (SSSR count). The van der Waals surface area contributed by atoms with Gasteiger partial charge in [-0.1, -0.05) is 12.1 Å². The molecule has 0 saturated carbocycles. The van der Waals surface area contributed by atoms with Crippen molar-refractivity contribution in [1.82, 2.24) is 0 Å². The molecule has 20 heavy (non-hydrogen) atoms. The predicted molar refractivity (Wildman–Crippen MR) is 74.9 cm³/mol. The van der Waals surface area contributed by atoms with Crippen molar-refractivity contribution in [2.45, 2.75) is 25.7 Å². The molecule has 0 bridgehead atoms. The molecule has 0 spiro atoms. The average molecular weight is 283 g/mol. The summed E-state index contributed by atoms with van der Waals surface area (Å²) in [5.74, 6) is -0.839. The molecule has 0 fully saturated rings. The van der Waals surface area contributed by atoms with Crippen molar-refractivity contribution in [3.63, 3.8) is 0 Å². The number of halogens is 1. The lowest BCUT2D eigenvalue weighted by Gasteiger charge is -2.30. The van der Waals surface area contributed by atoms with Gasteiger partial charge in [0.25, 0.3) is 0 Å². The third-order valence-electron chi connectivity index (χ3n) is 3.27. The zero-order valence-electron chi connectivity index (χ0n) is 12.0. The van der Waals surface area contributed by atoms with Gasteiger partial charge < -0.3 is 15.2 Å². The molecule has 1 unspecified atom stereocenters. The lowest BCUT2D eigenvalue weighted by molar-refractivity contribution is -0.150. The van der Waals surface area contributed by atoms with Crippen molar-refractivity contribution >= 4 is 5.97 Å². The highest BCUT2D eigenvalue weighted by Gasteiger charge is 2.40. The van der Waals surface area contributed by atoms with E-state index in [1.54, 1.807) is 19.1 Å². The Morgan fingerprint density at radius 1 is 1.35 bits per heavy atom. The van der Waals surface area contributed by atoms with E-state index in [1.165, 1.54) is 12.1 Å². The van der Waals surface area contributed by atoms with E-state index in [4.69, 9.17) is 15.2 Å². The van der Waals surface area contributed by atoms with Gasteiger partial charge in [0.2, 0.25) is 0 Å². The summed E-state index contributed by atoms with van der Waals surface area (Å²) in [7, 11) is 0. The van der Waals surface area contributed by atoms with Gasteiger partial charge in [-0.25, -0.2) is 4.39 Å². The number of nitrogens with two attached hydrogens (primary N) is 1. The lowest BCUT2D eigenvalue weighted by Crippen LogP contribution is -2.45. The molecule has 0 amide bonds. The van der Waals surface area contributed by atoms with Crippen LogP contribution >= 0.6 is 0 Å². The topological polar surface area (TPSA) is 61.5 Å². The molecule has 0 radical (unpaired) electrons. The van der Waals surface area contributed by atoms with Crippen LogP contribution in [-0.4, -0.2) is 32.3 Å². The summed E-state index contributed by atoms with van der Waals surface area (Å²) < 4.78 is 23.9. The van der Waals surface area contributed by atoms with E-state index >= 15 is 0 Å². The molecule has 5 heteroatoms. The van der Waals surface area contributed by atoms with Gasteiger partial charge in [0.05, 0.1) is 6.61 Å². The third kappa shape index (κ3) is 3.77. The molecule has 112 valence electrons. The molecule has 1 atom stereocenters. The second kappa shape index (κ2) is 7.97. The van der Waals surface area contributed by atoms with E-state index < -0.39 is 17.2 Å². The quantitative estimate of drug-likeness (QED) is 0.585. The maximum absolute atomic E-state index is 13.4. The van der Waals surface area contributed by atoms with Gasteiger partial charge >= 0.3 is 5.97 Å². The summed E-state index contributed by atoms with van der Waals surface area (Å²) >= 11 is 0. The van der Waals surface area contributed by atoms with E-state index in [0.29, 0.717) is 25.2 Å². The smallest absolute Gasteiger partial charge is 0.317 e. The Morgan fingerprint density at radius 2 is 2.10 bits per heavy atom. The SMILES string of the molecule is CCOCCC(CN)(C(=O)OCC)c1cccc(F)c1. The largest absolute Gasteiger partial charge is 0.465 e. The molecule has 0 aliphatic heterocycles. The Morgan fingerprint density at radius 3 is 2.65 bits per heavy atom. The minimum atomic E-state index is -1.06. The Bertz CT molecular complexity index is 439. The number of esters is 1. The minimum Gasteiger partial charge on any atom is -0.465 e. The van der Waals surface area contributed by atoms with Crippen LogP contribution in [0, 0.1) is 5.82 Å². The normalized spacial score (nSPS) is 13.8. The number of carbonyl (C=O) groups excluding carboxylic acids is 1. The molecule has 0 aliphatic rings. The second-order valence-corrected chi connectivity index (χ2v) is 4.46. The van der Waals surface area contributed by atoms with Crippen molar-refractivity contribution in [2.24, 2.45) is 5.73 Å². The van der Waals surface area contributed by atoms with Crippen LogP contribution in [0.1, 0.15) is 25.8 Å². The van der Waals surface area contributed by atoms with Crippen molar-refractivity contribution in [3.8, 4) is 0 Å². The van der Waals surface area contributed by atoms with Gasteiger partial charge in [-0.15, -0.1) is 0 Å². The lowest BCUT2D eigenvalue weighted by atomic mass is 9.77. The van der Waals surface area contributed by atoms with Crippen molar-refractivity contribution in [2.75, 3.05) is 26.4 Å². The fourth-order valence-corrected chi connectivity index (χ4v) is 2.11. The molecule has 1 aromatic carbocycles. The Hall–Kier alpha value is -1.46. The highest BCUT2D eigenvalue weighted by molar-refractivity contribution is 5.83. The van der Waals surface area contributed by atoms with Gasteiger partial charge in [-0.2, -0.15) is 0 Å². The fourth-order valence-electron chi connectivity index (χ4n) is 2.11. The highest BCUT2D eigenvalue weighted by atomic mass is 19.1. The molecule has 4 nitrogen and oxygen atoms in total. The third-order valence-corrected chi connectivity index (χ3v) is 3.27. The van der Waals surface area contributed by atoms with E-state index in [-0.39, 0.29) is 13.2 Å². The molecular weight excluding hydrogens is 261 g/mol. The van der Waals surface area contributed by atoms with Gasteiger partial charge in [0, 0.05) is 19.8 Å². The first-order valence-corrected chi connectivity index (χ1v) is 6.81. The summed E-state index contributed by atoms with van der Waals surface area (Å²) in [6.07, 6.45) is 0.361. The Balaban J connectivity index is 3.12. The van der Waals surface area contributed by atoms with Crippen LogP contribution in [0.4, 0.5) is 4.39 Å². The fraction of sp³-hybridized carbons (Fsp3) is 0.533. The maximum Gasteiger partial charge on any atom is 0.317 e. The number of hydrogen-bond donors (Lipinski definition) is 1. The number of carbonyl (C=O) groups is 1. The molecule has 1 aromatic rings. The van der Waals surface area contributed by atoms with Crippen molar-refractivity contribution in [3.05, 3.63) is 35.6 Å². The first-order chi connectivity index (χ1) is 9.60. The number of ether oxygens (including phenoxy) is 2. The van der Waals surface area contributed by atoms with Crippen LogP contribution < -0.4 is 5.73 Å². The molecule has 0 aliphatic carbocycles. The summed E-state index contributed by atoms with van der Waals surface area (Å²) in [5, 5.41) is 0. The number of benzene rings is 1. The molecule has 0 aromatic heterocycles. The molecular formula is C15H22FNO3. The van der Waals surface area contributed by atoms with Gasteiger partial charge in [-0.3, -0.25) is 4.79 Å². The zero-order chi connectivity index (χ0) is 15.0. The summed E-state index contributed by atoms with van der Waals surface area (Å²) in [4.78, 5) is 12.3. The van der Waals surface area contributed by atoms with Crippen LogP contribution in [-0.2, 0) is 19.7 Å². The maximum atomic E-state index is 13.4. The predicted octanol–water partition coefficient (Wildman–Crippen LogP) is 2.01. The first kappa shape index (κ1) is 16.6. The van der Waals surface area contributed by atoms with E-state index in [2.05, 4.69) is 0 Å². The number of hydrogen-bond acceptors (Lipinski definition) is 4. The average Bonchev–Trinajstić information content (AvgIpc) is 2.44. The van der Waals surface area contributed by atoms with E-state index in [9.17, 15) is 9.18 Å². The van der Waals surface area contributed by atoms with Crippen molar-refractivity contribution in [1.29, 1.82) is 0 Å². The number of rotatable bonds is 8.